The molecule has 0 spiro atoms. The minimum absolute atomic E-state index is 0.0794. The molecule has 1 fully saturated rings. The highest BCUT2D eigenvalue weighted by atomic mass is 19.1. The molecule has 1 aromatic rings. The quantitative estimate of drug-likeness (QED) is 0.646. The molecular formula is C13H19FN2+2. The zero-order valence-electron chi connectivity index (χ0n) is 9.51. The number of hydrogen-bond donors (Lipinski definition) is 2. The lowest BCUT2D eigenvalue weighted by Gasteiger charge is -2.28. The Morgan fingerprint density at radius 1 is 1.25 bits per heavy atom. The molecule has 86 valence electrons. The molecule has 3 heteroatoms. The van der Waals surface area contributed by atoms with Crippen LogP contribution in [-0.2, 0) is 6.54 Å². The Kier molecular flexibility index (Phi) is 2.65. The fraction of sp³-hybridized carbons (Fsp3) is 0.538. The predicted octanol–water partition coefficient (Wildman–Crippen LogP) is -0.377. The summed E-state index contributed by atoms with van der Waals surface area (Å²) < 4.78 is 13.3. The molecule has 1 aromatic carbocycles. The van der Waals surface area contributed by atoms with Gasteiger partial charge in [0, 0.05) is 24.0 Å². The first-order valence-corrected chi connectivity index (χ1v) is 6.29. The van der Waals surface area contributed by atoms with Gasteiger partial charge in [-0.25, -0.2) is 4.39 Å². The number of fused-ring (bicyclic) bond motifs is 1. The fourth-order valence-electron chi connectivity index (χ4n) is 3.17. The number of quaternary nitrogens is 2. The third kappa shape index (κ3) is 1.74. The monoisotopic (exact) mass is 222 g/mol. The lowest BCUT2D eigenvalue weighted by Crippen LogP contribution is -3.13. The first-order chi connectivity index (χ1) is 7.84. The molecule has 16 heavy (non-hydrogen) atoms. The van der Waals surface area contributed by atoms with Crippen molar-refractivity contribution in [2.45, 2.75) is 25.4 Å². The van der Waals surface area contributed by atoms with Crippen LogP contribution in [0, 0.1) is 5.82 Å². The Morgan fingerprint density at radius 2 is 2.06 bits per heavy atom. The molecule has 2 aliphatic heterocycles. The Bertz CT molecular complexity index is 386. The van der Waals surface area contributed by atoms with E-state index in [2.05, 4.69) is 5.32 Å². The second kappa shape index (κ2) is 4.15. The van der Waals surface area contributed by atoms with Crippen molar-refractivity contribution in [3.05, 3.63) is 35.1 Å². The maximum atomic E-state index is 13.3. The summed E-state index contributed by atoms with van der Waals surface area (Å²) in [6, 6.07) is 5.83. The Hall–Kier alpha value is -0.930. The second-order valence-electron chi connectivity index (χ2n) is 4.99. The van der Waals surface area contributed by atoms with Crippen molar-refractivity contribution in [3.8, 4) is 0 Å². The van der Waals surface area contributed by atoms with Gasteiger partial charge in [-0.1, -0.05) is 0 Å². The van der Waals surface area contributed by atoms with E-state index in [1.165, 1.54) is 37.1 Å². The maximum Gasteiger partial charge on any atom is 0.163 e. The summed E-state index contributed by atoms with van der Waals surface area (Å²) in [6.07, 6.45) is 2.66. The van der Waals surface area contributed by atoms with Gasteiger partial charge in [-0.05, 0) is 18.2 Å². The van der Waals surface area contributed by atoms with Crippen molar-refractivity contribution in [1.82, 2.24) is 0 Å². The van der Waals surface area contributed by atoms with Crippen LogP contribution in [-0.4, -0.2) is 19.6 Å². The van der Waals surface area contributed by atoms with Crippen LogP contribution in [0.5, 0.6) is 0 Å². The largest absolute Gasteiger partial charge is 0.337 e. The van der Waals surface area contributed by atoms with Gasteiger partial charge in [0.05, 0.1) is 13.1 Å². The maximum absolute atomic E-state index is 13.3. The zero-order valence-corrected chi connectivity index (χ0v) is 9.51. The Morgan fingerprint density at radius 3 is 2.88 bits per heavy atom. The summed E-state index contributed by atoms with van der Waals surface area (Å²) in [5.74, 6) is -0.0794. The van der Waals surface area contributed by atoms with Crippen LogP contribution in [0.4, 0.5) is 4.39 Å². The number of halogens is 1. The van der Waals surface area contributed by atoms with Gasteiger partial charge >= 0.3 is 0 Å². The lowest BCUT2D eigenvalue weighted by molar-refractivity contribution is -0.937. The third-order valence-corrected chi connectivity index (χ3v) is 3.99. The summed E-state index contributed by atoms with van der Waals surface area (Å²) in [7, 11) is 0. The molecule has 1 atom stereocenters. The molecule has 0 radical (unpaired) electrons. The van der Waals surface area contributed by atoms with E-state index in [9.17, 15) is 4.39 Å². The SMILES string of the molecule is Fc1ccc2c(c1)[C@H]([NH+]1CCCC1)C[NH2+]C2. The van der Waals surface area contributed by atoms with Gasteiger partial charge in [-0.3, -0.25) is 0 Å². The third-order valence-electron chi connectivity index (χ3n) is 3.99. The average molecular weight is 222 g/mol. The molecule has 2 nitrogen and oxygen atoms in total. The van der Waals surface area contributed by atoms with Crippen LogP contribution >= 0.6 is 0 Å². The molecular weight excluding hydrogens is 203 g/mol. The number of benzene rings is 1. The van der Waals surface area contributed by atoms with Crippen molar-refractivity contribution >= 4 is 0 Å². The number of nitrogens with two attached hydrogens (primary N) is 1. The van der Waals surface area contributed by atoms with Crippen molar-refractivity contribution in [1.29, 1.82) is 0 Å². The fourth-order valence-corrected chi connectivity index (χ4v) is 3.17. The molecule has 0 unspecified atom stereocenters. The van der Waals surface area contributed by atoms with Gasteiger partial charge in [-0.15, -0.1) is 0 Å². The summed E-state index contributed by atoms with van der Waals surface area (Å²) in [6.45, 7) is 4.65. The van der Waals surface area contributed by atoms with Crippen LogP contribution in [0.1, 0.15) is 30.0 Å². The van der Waals surface area contributed by atoms with Gasteiger partial charge in [0.1, 0.15) is 18.9 Å². The summed E-state index contributed by atoms with van der Waals surface area (Å²) in [5.41, 5.74) is 2.59. The number of rotatable bonds is 1. The summed E-state index contributed by atoms with van der Waals surface area (Å²) >= 11 is 0. The lowest BCUT2D eigenvalue weighted by atomic mass is 9.95. The number of hydrogen-bond acceptors (Lipinski definition) is 0. The van der Waals surface area contributed by atoms with Gasteiger partial charge in [0.15, 0.2) is 6.04 Å². The minimum atomic E-state index is -0.0794. The number of likely N-dealkylation sites (tertiary alicyclic amines) is 1. The molecule has 0 saturated carbocycles. The van der Waals surface area contributed by atoms with Crippen molar-refractivity contribution < 1.29 is 14.6 Å². The van der Waals surface area contributed by atoms with Crippen molar-refractivity contribution in [3.63, 3.8) is 0 Å². The van der Waals surface area contributed by atoms with Gasteiger partial charge < -0.3 is 10.2 Å². The summed E-state index contributed by atoms with van der Waals surface area (Å²) in [5, 5.41) is 2.36. The van der Waals surface area contributed by atoms with E-state index in [1.54, 1.807) is 17.0 Å². The normalized spacial score (nSPS) is 25.7. The molecule has 2 heterocycles. The van der Waals surface area contributed by atoms with Crippen LogP contribution in [0.25, 0.3) is 0 Å². The average Bonchev–Trinajstić information content (AvgIpc) is 2.81. The van der Waals surface area contributed by atoms with Crippen LogP contribution in [0.15, 0.2) is 18.2 Å². The van der Waals surface area contributed by atoms with E-state index in [4.69, 9.17) is 0 Å². The topological polar surface area (TPSA) is 21.1 Å². The van der Waals surface area contributed by atoms with Gasteiger partial charge in [0.25, 0.3) is 0 Å². The van der Waals surface area contributed by atoms with E-state index in [0.717, 1.165) is 13.1 Å². The van der Waals surface area contributed by atoms with E-state index >= 15 is 0 Å². The first kappa shape index (κ1) is 10.2. The molecule has 2 aliphatic rings. The molecule has 0 amide bonds. The second-order valence-corrected chi connectivity index (χ2v) is 4.99. The van der Waals surface area contributed by atoms with Gasteiger partial charge in [0.2, 0.25) is 0 Å². The highest BCUT2D eigenvalue weighted by Crippen LogP contribution is 2.19. The molecule has 1 saturated heterocycles. The molecule has 0 aliphatic carbocycles. The first-order valence-electron chi connectivity index (χ1n) is 6.29. The molecule has 3 rings (SSSR count). The van der Waals surface area contributed by atoms with Crippen molar-refractivity contribution in [2.24, 2.45) is 0 Å². The Labute approximate surface area is 95.4 Å². The van der Waals surface area contributed by atoms with Crippen LogP contribution in [0.2, 0.25) is 0 Å². The van der Waals surface area contributed by atoms with E-state index < -0.39 is 0 Å². The molecule has 3 N–H and O–H groups in total. The van der Waals surface area contributed by atoms with E-state index in [0.29, 0.717) is 6.04 Å². The number of nitrogens with one attached hydrogen (secondary N) is 1. The molecule has 0 bridgehead atoms. The van der Waals surface area contributed by atoms with Crippen LogP contribution < -0.4 is 10.2 Å². The smallest absolute Gasteiger partial charge is 0.163 e. The minimum Gasteiger partial charge on any atom is -0.337 e. The standard InChI is InChI=1S/C13H17FN2/c14-11-4-3-10-8-15-9-13(12(10)7-11)16-5-1-2-6-16/h3-4,7,13,15H,1-2,5-6,8-9H2/p+2/t13-/m1/s1. The van der Waals surface area contributed by atoms with Crippen molar-refractivity contribution in [2.75, 3.05) is 19.6 Å². The Balaban J connectivity index is 1.94. The highest BCUT2D eigenvalue weighted by molar-refractivity contribution is 5.30. The van der Waals surface area contributed by atoms with Gasteiger partial charge in [-0.2, -0.15) is 0 Å². The van der Waals surface area contributed by atoms with E-state index in [1.807, 2.05) is 6.07 Å². The van der Waals surface area contributed by atoms with E-state index in [-0.39, 0.29) is 5.82 Å². The zero-order chi connectivity index (χ0) is 11.0. The predicted molar refractivity (Wildman–Crippen MR) is 59.6 cm³/mol. The summed E-state index contributed by atoms with van der Waals surface area (Å²) in [4.78, 5) is 1.66. The van der Waals surface area contributed by atoms with Crippen LogP contribution in [0.3, 0.4) is 0 Å². The highest BCUT2D eigenvalue weighted by Gasteiger charge is 2.33. The molecule has 0 aromatic heterocycles.